The van der Waals surface area contributed by atoms with Gasteiger partial charge in [0.2, 0.25) is 0 Å². The maximum absolute atomic E-state index is 11.4. The molecule has 1 aliphatic heterocycles. The molecule has 0 spiro atoms. The molecule has 2 rings (SSSR count). The van der Waals surface area contributed by atoms with Crippen LogP contribution in [0.3, 0.4) is 0 Å². The minimum atomic E-state index is -1.05. The quantitative estimate of drug-likeness (QED) is 0.901. The molecular weight excluding hydrogens is 296 g/mol. The third kappa shape index (κ3) is 2.37. The van der Waals surface area contributed by atoms with Crippen molar-refractivity contribution in [2.75, 3.05) is 23.8 Å². The van der Waals surface area contributed by atoms with Crippen molar-refractivity contribution in [2.24, 2.45) is 5.92 Å². The molecule has 1 aromatic carbocycles. The molecule has 2 N–H and O–H groups in total. The van der Waals surface area contributed by atoms with Gasteiger partial charge in [-0.15, -0.1) is 0 Å². The largest absolute Gasteiger partial charge is 0.378 e. The number of nitrogens with zero attached hydrogens (tertiary/aromatic N) is 1. The molecule has 1 aliphatic rings. The first-order valence-electron chi connectivity index (χ1n) is 5.93. The summed E-state index contributed by atoms with van der Waals surface area (Å²) in [6, 6.07) is 3.71. The third-order valence-corrected chi connectivity index (χ3v) is 3.61. The van der Waals surface area contributed by atoms with Crippen LogP contribution in [0, 0.1) is 5.92 Å². The van der Waals surface area contributed by atoms with Crippen molar-refractivity contribution in [2.45, 2.75) is 20.0 Å². The van der Waals surface area contributed by atoms with Crippen LogP contribution in [0.15, 0.2) is 16.6 Å². The molecule has 98 valence electrons. The molecule has 1 atom stereocenters. The molecule has 1 heterocycles. The number of aliphatic hydroxyl groups excluding tert-OH is 1. The first kappa shape index (κ1) is 13.4. The Morgan fingerprint density at radius 2 is 2.17 bits per heavy atom. The molecule has 1 amide bonds. The second-order valence-electron chi connectivity index (χ2n) is 5.06. The Kier molecular flexibility index (Phi) is 3.64. The van der Waals surface area contributed by atoms with E-state index in [2.05, 4.69) is 40.0 Å². The van der Waals surface area contributed by atoms with Crippen LogP contribution in [0.1, 0.15) is 25.5 Å². The molecule has 1 aromatic rings. The van der Waals surface area contributed by atoms with E-state index < -0.39 is 6.10 Å². The summed E-state index contributed by atoms with van der Waals surface area (Å²) in [5, 5.41) is 12.4. The minimum Gasteiger partial charge on any atom is -0.378 e. The highest BCUT2D eigenvalue weighted by Gasteiger charge is 2.29. The SMILES string of the molecule is CC(C)CN(C)c1cc2c(cc1Br)C(O)C(=O)N2. The van der Waals surface area contributed by atoms with Crippen molar-refractivity contribution in [3.05, 3.63) is 22.2 Å². The highest BCUT2D eigenvalue weighted by atomic mass is 79.9. The van der Waals surface area contributed by atoms with Crippen LogP contribution in [0.25, 0.3) is 0 Å². The van der Waals surface area contributed by atoms with Crippen LogP contribution in [-0.2, 0) is 4.79 Å². The molecule has 0 saturated carbocycles. The van der Waals surface area contributed by atoms with Crippen LogP contribution in [0.4, 0.5) is 11.4 Å². The van der Waals surface area contributed by atoms with E-state index in [9.17, 15) is 9.90 Å². The van der Waals surface area contributed by atoms with Gasteiger partial charge in [-0.3, -0.25) is 4.79 Å². The first-order chi connectivity index (χ1) is 8.40. The number of aliphatic hydroxyl groups is 1. The van der Waals surface area contributed by atoms with Crippen LogP contribution < -0.4 is 10.2 Å². The zero-order chi connectivity index (χ0) is 13.4. The number of nitrogens with one attached hydrogen (secondary N) is 1. The normalized spacial score (nSPS) is 17.9. The van der Waals surface area contributed by atoms with Crippen molar-refractivity contribution in [1.82, 2.24) is 0 Å². The lowest BCUT2D eigenvalue weighted by atomic mass is 10.1. The molecule has 4 nitrogen and oxygen atoms in total. The van der Waals surface area contributed by atoms with E-state index in [-0.39, 0.29) is 5.91 Å². The summed E-state index contributed by atoms with van der Waals surface area (Å²) in [4.78, 5) is 13.5. The van der Waals surface area contributed by atoms with Crippen LogP contribution >= 0.6 is 15.9 Å². The smallest absolute Gasteiger partial charge is 0.257 e. The number of halogens is 1. The van der Waals surface area contributed by atoms with E-state index in [0.717, 1.165) is 16.7 Å². The van der Waals surface area contributed by atoms with Gasteiger partial charge in [-0.05, 0) is 34.0 Å². The lowest BCUT2D eigenvalue weighted by Gasteiger charge is -2.23. The highest BCUT2D eigenvalue weighted by molar-refractivity contribution is 9.10. The summed E-state index contributed by atoms with van der Waals surface area (Å²) in [7, 11) is 2.01. The predicted molar refractivity (Wildman–Crippen MR) is 75.8 cm³/mol. The summed E-state index contributed by atoms with van der Waals surface area (Å²) in [5.41, 5.74) is 2.34. The Balaban J connectivity index is 2.35. The number of benzene rings is 1. The number of rotatable bonds is 3. The van der Waals surface area contributed by atoms with Gasteiger partial charge in [-0.2, -0.15) is 0 Å². The Morgan fingerprint density at radius 3 is 2.78 bits per heavy atom. The maximum Gasteiger partial charge on any atom is 0.257 e. The summed E-state index contributed by atoms with van der Waals surface area (Å²) in [5.74, 6) is 0.191. The molecule has 5 heteroatoms. The fraction of sp³-hybridized carbons (Fsp3) is 0.462. The molecule has 0 aliphatic carbocycles. The average Bonchev–Trinajstić information content (AvgIpc) is 2.53. The predicted octanol–water partition coefficient (Wildman–Crippen LogP) is 2.53. The van der Waals surface area contributed by atoms with E-state index in [0.29, 0.717) is 17.2 Å². The van der Waals surface area contributed by atoms with Gasteiger partial charge in [0.15, 0.2) is 6.10 Å². The van der Waals surface area contributed by atoms with Gasteiger partial charge in [-0.25, -0.2) is 0 Å². The highest BCUT2D eigenvalue weighted by Crippen LogP contribution is 2.38. The maximum atomic E-state index is 11.4. The fourth-order valence-corrected chi connectivity index (χ4v) is 2.86. The Labute approximate surface area is 115 Å². The van der Waals surface area contributed by atoms with Crippen LogP contribution in [0.5, 0.6) is 0 Å². The average molecular weight is 313 g/mol. The Bertz CT molecular complexity index is 488. The van der Waals surface area contributed by atoms with Crippen LogP contribution in [0.2, 0.25) is 0 Å². The molecule has 1 unspecified atom stereocenters. The summed E-state index contributed by atoms with van der Waals surface area (Å²) >= 11 is 3.50. The van der Waals surface area contributed by atoms with Gasteiger partial charge >= 0.3 is 0 Å². The Morgan fingerprint density at radius 1 is 1.50 bits per heavy atom. The van der Waals surface area contributed by atoms with Gasteiger partial charge in [0.05, 0.1) is 5.69 Å². The number of amides is 1. The van der Waals surface area contributed by atoms with Crippen molar-refractivity contribution in [1.29, 1.82) is 0 Å². The van der Waals surface area contributed by atoms with Gasteiger partial charge in [0.25, 0.3) is 5.91 Å². The number of anilines is 2. The van der Waals surface area contributed by atoms with E-state index in [1.807, 2.05) is 19.2 Å². The fourth-order valence-electron chi connectivity index (χ4n) is 2.19. The standard InChI is InChI=1S/C13H17BrN2O2/c1-7(2)6-16(3)11-5-10-8(4-9(11)14)12(17)13(18)15-10/h4-5,7,12,17H,6H2,1-3H3,(H,15,18). The zero-order valence-electron chi connectivity index (χ0n) is 10.7. The molecule has 0 aromatic heterocycles. The van der Waals surface area contributed by atoms with Crippen molar-refractivity contribution < 1.29 is 9.90 Å². The second-order valence-corrected chi connectivity index (χ2v) is 5.91. The summed E-state index contributed by atoms with van der Waals surface area (Å²) in [6.07, 6.45) is -1.05. The number of hydrogen-bond acceptors (Lipinski definition) is 3. The van der Waals surface area contributed by atoms with E-state index in [4.69, 9.17) is 0 Å². The Hall–Kier alpha value is -1.07. The van der Waals surface area contributed by atoms with Crippen molar-refractivity contribution in [3.63, 3.8) is 0 Å². The lowest BCUT2D eigenvalue weighted by Crippen LogP contribution is -2.22. The number of carbonyl (C=O) groups excluding carboxylic acids is 1. The van der Waals surface area contributed by atoms with Gasteiger partial charge in [0.1, 0.15) is 0 Å². The lowest BCUT2D eigenvalue weighted by molar-refractivity contribution is -0.123. The number of carbonyl (C=O) groups is 1. The molecule has 0 saturated heterocycles. The molecule has 0 radical (unpaired) electrons. The topological polar surface area (TPSA) is 52.6 Å². The molecule has 0 bridgehead atoms. The molecule has 18 heavy (non-hydrogen) atoms. The number of fused-ring (bicyclic) bond motifs is 1. The van der Waals surface area contributed by atoms with Crippen molar-refractivity contribution >= 4 is 33.2 Å². The zero-order valence-corrected chi connectivity index (χ0v) is 12.3. The minimum absolute atomic E-state index is 0.361. The van der Waals surface area contributed by atoms with E-state index >= 15 is 0 Å². The van der Waals surface area contributed by atoms with E-state index in [1.165, 1.54) is 0 Å². The van der Waals surface area contributed by atoms with Crippen LogP contribution in [-0.4, -0.2) is 24.6 Å². The third-order valence-electron chi connectivity index (χ3n) is 2.97. The van der Waals surface area contributed by atoms with Gasteiger partial charge in [-0.1, -0.05) is 13.8 Å². The second kappa shape index (κ2) is 4.90. The van der Waals surface area contributed by atoms with Gasteiger partial charge in [0, 0.05) is 29.3 Å². The molecule has 0 fully saturated rings. The summed E-state index contributed by atoms with van der Waals surface area (Å²) < 4.78 is 0.889. The first-order valence-corrected chi connectivity index (χ1v) is 6.73. The van der Waals surface area contributed by atoms with Crippen molar-refractivity contribution in [3.8, 4) is 0 Å². The van der Waals surface area contributed by atoms with Gasteiger partial charge < -0.3 is 15.3 Å². The summed E-state index contributed by atoms with van der Waals surface area (Å²) in [6.45, 7) is 5.24. The molecular formula is C13H17BrN2O2. The van der Waals surface area contributed by atoms with E-state index in [1.54, 1.807) is 0 Å². The monoisotopic (exact) mass is 312 g/mol. The number of hydrogen-bond donors (Lipinski definition) is 2.